The molecule has 2 amide bonds. The summed E-state index contributed by atoms with van der Waals surface area (Å²) in [6.07, 6.45) is 1.61. The van der Waals surface area contributed by atoms with Crippen molar-refractivity contribution in [1.82, 2.24) is 9.88 Å². The first-order valence-corrected chi connectivity index (χ1v) is 10.1. The van der Waals surface area contributed by atoms with Crippen LogP contribution in [0.25, 0.3) is 11.3 Å². The third-order valence-corrected chi connectivity index (χ3v) is 6.33. The molecule has 1 aliphatic rings. The SMILES string of the molecule is Cc1ccc(-c2csc(SCC(=O)N3CCC[C@@H](C(N)=O)C3)n2)cc1. The van der Waals surface area contributed by atoms with Crippen molar-refractivity contribution in [2.45, 2.75) is 24.1 Å². The Morgan fingerprint density at radius 1 is 1.36 bits per heavy atom. The van der Waals surface area contributed by atoms with E-state index in [2.05, 4.69) is 36.2 Å². The predicted octanol–water partition coefficient (Wildman–Crippen LogP) is 2.93. The largest absolute Gasteiger partial charge is 0.369 e. The molecule has 0 saturated carbocycles. The number of benzene rings is 1. The van der Waals surface area contributed by atoms with Crippen LogP contribution in [0.15, 0.2) is 34.0 Å². The first kappa shape index (κ1) is 17.9. The third kappa shape index (κ3) is 4.61. The van der Waals surface area contributed by atoms with Gasteiger partial charge in [0.2, 0.25) is 11.8 Å². The Bertz CT molecular complexity index is 758. The predicted molar refractivity (Wildman–Crippen MR) is 102 cm³/mol. The second-order valence-electron chi connectivity index (χ2n) is 6.23. The maximum Gasteiger partial charge on any atom is 0.233 e. The molecule has 0 spiro atoms. The van der Waals surface area contributed by atoms with Gasteiger partial charge < -0.3 is 10.6 Å². The van der Waals surface area contributed by atoms with Crippen LogP contribution in [0.5, 0.6) is 0 Å². The quantitative estimate of drug-likeness (QED) is 0.815. The van der Waals surface area contributed by atoms with Gasteiger partial charge in [0.05, 0.1) is 17.4 Å². The number of primary amides is 1. The number of carbonyl (C=O) groups is 2. The standard InChI is InChI=1S/C18H21N3O2S2/c1-12-4-6-13(7-5-12)15-10-24-18(20-15)25-11-16(22)21-8-2-3-14(9-21)17(19)23/h4-7,10,14H,2-3,8-9,11H2,1H3,(H2,19,23)/t14-/m1/s1. The lowest BCUT2D eigenvalue weighted by Gasteiger charge is -2.31. The molecule has 132 valence electrons. The Morgan fingerprint density at radius 3 is 2.84 bits per heavy atom. The fourth-order valence-electron chi connectivity index (χ4n) is 2.83. The Kier molecular flexibility index (Phi) is 5.75. The van der Waals surface area contributed by atoms with Crippen molar-refractivity contribution >= 4 is 34.9 Å². The van der Waals surface area contributed by atoms with Crippen LogP contribution in [0.4, 0.5) is 0 Å². The van der Waals surface area contributed by atoms with Crippen LogP contribution in [-0.4, -0.2) is 40.5 Å². The number of nitrogens with two attached hydrogens (primary N) is 1. The number of hydrogen-bond acceptors (Lipinski definition) is 5. The second-order valence-corrected chi connectivity index (χ2v) is 8.32. The van der Waals surface area contributed by atoms with Crippen molar-refractivity contribution in [3.8, 4) is 11.3 Å². The number of aromatic nitrogens is 1. The van der Waals surface area contributed by atoms with Crippen molar-refractivity contribution in [3.05, 3.63) is 35.2 Å². The average molecular weight is 376 g/mol. The van der Waals surface area contributed by atoms with Crippen molar-refractivity contribution in [3.63, 3.8) is 0 Å². The number of amides is 2. The molecule has 1 atom stereocenters. The molecule has 0 radical (unpaired) electrons. The summed E-state index contributed by atoms with van der Waals surface area (Å²) in [6.45, 7) is 3.21. The van der Waals surface area contributed by atoms with Crippen LogP contribution in [-0.2, 0) is 9.59 Å². The summed E-state index contributed by atoms with van der Waals surface area (Å²) >= 11 is 3.00. The molecule has 1 aromatic carbocycles. The highest BCUT2D eigenvalue weighted by Crippen LogP contribution is 2.29. The highest BCUT2D eigenvalue weighted by Gasteiger charge is 2.26. The first-order chi connectivity index (χ1) is 12.0. The molecule has 1 saturated heterocycles. The first-order valence-electron chi connectivity index (χ1n) is 8.25. The third-order valence-electron chi connectivity index (χ3n) is 4.33. The lowest BCUT2D eigenvalue weighted by molar-refractivity contribution is -0.132. The van der Waals surface area contributed by atoms with Gasteiger partial charge in [0, 0.05) is 24.0 Å². The fourth-order valence-corrected chi connectivity index (χ4v) is 4.57. The van der Waals surface area contributed by atoms with Gasteiger partial charge in [-0.3, -0.25) is 9.59 Å². The zero-order valence-electron chi connectivity index (χ0n) is 14.1. The van der Waals surface area contributed by atoms with Gasteiger partial charge >= 0.3 is 0 Å². The van der Waals surface area contributed by atoms with Crippen molar-refractivity contribution < 1.29 is 9.59 Å². The number of hydrogen-bond donors (Lipinski definition) is 1. The van der Waals surface area contributed by atoms with Crippen molar-refractivity contribution in [1.29, 1.82) is 0 Å². The highest BCUT2D eigenvalue weighted by molar-refractivity contribution is 8.01. The summed E-state index contributed by atoms with van der Waals surface area (Å²) in [5.41, 5.74) is 8.61. The van der Waals surface area contributed by atoms with E-state index in [1.165, 1.54) is 17.3 Å². The van der Waals surface area contributed by atoms with E-state index in [9.17, 15) is 9.59 Å². The van der Waals surface area contributed by atoms with Gasteiger partial charge in [-0.2, -0.15) is 0 Å². The van der Waals surface area contributed by atoms with E-state index in [0.29, 0.717) is 18.8 Å². The van der Waals surface area contributed by atoms with Gasteiger partial charge in [0.15, 0.2) is 4.34 Å². The smallest absolute Gasteiger partial charge is 0.233 e. The van der Waals surface area contributed by atoms with Gasteiger partial charge in [-0.05, 0) is 19.8 Å². The number of thioether (sulfide) groups is 1. The van der Waals surface area contributed by atoms with E-state index in [4.69, 9.17) is 5.73 Å². The monoisotopic (exact) mass is 375 g/mol. The van der Waals surface area contributed by atoms with Gasteiger partial charge in [-0.25, -0.2) is 4.98 Å². The van der Waals surface area contributed by atoms with Crippen molar-refractivity contribution in [2.75, 3.05) is 18.8 Å². The molecule has 2 heterocycles. The molecular formula is C18H21N3O2S2. The van der Waals surface area contributed by atoms with E-state index < -0.39 is 0 Å². The van der Waals surface area contributed by atoms with Crippen molar-refractivity contribution in [2.24, 2.45) is 11.7 Å². The number of thiazole rings is 1. The van der Waals surface area contributed by atoms with Gasteiger partial charge in [0.25, 0.3) is 0 Å². The molecule has 7 heteroatoms. The second kappa shape index (κ2) is 8.01. The fraction of sp³-hybridized carbons (Fsp3) is 0.389. The molecule has 2 aromatic rings. The zero-order chi connectivity index (χ0) is 17.8. The molecule has 0 aliphatic carbocycles. The van der Waals surface area contributed by atoms with E-state index in [-0.39, 0.29) is 17.7 Å². The summed E-state index contributed by atoms with van der Waals surface area (Å²) in [7, 11) is 0. The minimum Gasteiger partial charge on any atom is -0.369 e. The molecule has 1 aromatic heterocycles. The molecule has 0 unspecified atom stereocenters. The van der Waals surface area contributed by atoms with E-state index in [1.807, 2.05) is 5.38 Å². The number of piperidine rings is 1. The normalized spacial score (nSPS) is 17.5. The molecule has 3 rings (SSSR count). The Morgan fingerprint density at radius 2 is 2.12 bits per heavy atom. The van der Waals surface area contributed by atoms with E-state index >= 15 is 0 Å². The Hall–Kier alpha value is -1.86. The summed E-state index contributed by atoms with van der Waals surface area (Å²) in [5.74, 6) is -0.140. The molecule has 2 N–H and O–H groups in total. The summed E-state index contributed by atoms with van der Waals surface area (Å²) in [5, 5.41) is 2.02. The number of likely N-dealkylation sites (tertiary alicyclic amines) is 1. The average Bonchev–Trinajstić information content (AvgIpc) is 3.09. The lowest BCUT2D eigenvalue weighted by atomic mass is 9.97. The number of rotatable bonds is 5. The van der Waals surface area contributed by atoms with Crippen LogP contribution in [0.2, 0.25) is 0 Å². The summed E-state index contributed by atoms with van der Waals surface area (Å²) in [4.78, 5) is 30.1. The molecule has 25 heavy (non-hydrogen) atoms. The molecule has 1 fully saturated rings. The number of nitrogens with zero attached hydrogens (tertiary/aromatic N) is 2. The van der Waals surface area contributed by atoms with Crippen LogP contribution in [0.1, 0.15) is 18.4 Å². The molecule has 5 nitrogen and oxygen atoms in total. The molecular weight excluding hydrogens is 354 g/mol. The van der Waals surface area contributed by atoms with Gasteiger partial charge in [-0.1, -0.05) is 41.6 Å². The van der Waals surface area contributed by atoms with Crippen LogP contribution in [0, 0.1) is 12.8 Å². The minimum atomic E-state index is -0.312. The Labute approximate surface area is 155 Å². The highest BCUT2D eigenvalue weighted by atomic mass is 32.2. The van der Waals surface area contributed by atoms with Crippen LogP contribution < -0.4 is 5.73 Å². The van der Waals surface area contributed by atoms with E-state index in [1.54, 1.807) is 16.2 Å². The van der Waals surface area contributed by atoms with Gasteiger partial charge in [-0.15, -0.1) is 11.3 Å². The van der Waals surface area contributed by atoms with E-state index in [0.717, 1.165) is 28.4 Å². The maximum absolute atomic E-state index is 12.4. The van der Waals surface area contributed by atoms with Crippen LogP contribution in [0.3, 0.4) is 0 Å². The zero-order valence-corrected chi connectivity index (χ0v) is 15.7. The number of carbonyl (C=O) groups excluding carboxylic acids is 2. The Balaban J connectivity index is 1.56. The lowest BCUT2D eigenvalue weighted by Crippen LogP contribution is -2.44. The summed E-state index contributed by atoms with van der Waals surface area (Å²) in [6, 6.07) is 8.25. The summed E-state index contributed by atoms with van der Waals surface area (Å²) < 4.78 is 0.882. The number of aryl methyl sites for hydroxylation is 1. The van der Waals surface area contributed by atoms with Crippen LogP contribution >= 0.6 is 23.1 Å². The minimum absolute atomic E-state index is 0.0445. The van der Waals surface area contributed by atoms with Gasteiger partial charge in [0.1, 0.15) is 0 Å². The maximum atomic E-state index is 12.4. The topological polar surface area (TPSA) is 76.3 Å². The molecule has 1 aliphatic heterocycles. The molecule has 0 bridgehead atoms.